The van der Waals surface area contributed by atoms with Gasteiger partial charge in [-0.1, -0.05) is 44.0 Å². The molecule has 0 aliphatic rings. The lowest BCUT2D eigenvalue weighted by atomic mass is 9.98. The van der Waals surface area contributed by atoms with Gasteiger partial charge in [-0.3, -0.25) is 14.4 Å². The van der Waals surface area contributed by atoms with Gasteiger partial charge in [0.15, 0.2) is 0 Å². The Morgan fingerprint density at radius 1 is 0.968 bits per heavy atom. The second-order valence-electron chi connectivity index (χ2n) is 7.29. The number of hydrogen-bond acceptors (Lipinski definition) is 3. The van der Waals surface area contributed by atoms with Crippen molar-refractivity contribution in [2.45, 2.75) is 32.7 Å². The van der Waals surface area contributed by atoms with E-state index in [0.29, 0.717) is 22.6 Å². The summed E-state index contributed by atoms with van der Waals surface area (Å²) in [5, 5.41) is 8.76. The molecule has 0 aliphatic carbocycles. The molecular weight excluding hydrogens is 421 g/mol. The summed E-state index contributed by atoms with van der Waals surface area (Å²) in [6.07, 6.45) is 0.828. The number of rotatable bonds is 10. The van der Waals surface area contributed by atoms with E-state index in [2.05, 4.69) is 16.0 Å². The van der Waals surface area contributed by atoms with E-state index in [1.165, 1.54) is 12.1 Å². The number of halogens is 2. The molecule has 8 heteroatoms. The van der Waals surface area contributed by atoms with Gasteiger partial charge in [-0.05, 0) is 47.9 Å². The SMILES string of the molecule is CCC(C)C(NC(=O)c1ccc(Cl)cc1)C(=O)NCCNC(=O)Cc1ccc(F)cc1. The van der Waals surface area contributed by atoms with E-state index >= 15 is 0 Å². The molecule has 2 aromatic carbocycles. The molecular formula is C23H27ClFN3O3. The zero-order chi connectivity index (χ0) is 22.8. The van der Waals surface area contributed by atoms with Crippen LogP contribution in [-0.4, -0.2) is 36.9 Å². The molecule has 0 bridgehead atoms. The van der Waals surface area contributed by atoms with Gasteiger partial charge >= 0.3 is 0 Å². The second kappa shape index (κ2) is 12.1. The van der Waals surface area contributed by atoms with Crippen LogP contribution in [0.3, 0.4) is 0 Å². The third kappa shape index (κ3) is 8.02. The molecule has 3 N–H and O–H groups in total. The summed E-state index contributed by atoms with van der Waals surface area (Å²) in [4.78, 5) is 37.1. The van der Waals surface area contributed by atoms with E-state index in [4.69, 9.17) is 11.6 Å². The summed E-state index contributed by atoms with van der Waals surface area (Å²) >= 11 is 5.85. The lowest BCUT2D eigenvalue weighted by molar-refractivity contribution is -0.124. The Hall–Kier alpha value is -2.93. The van der Waals surface area contributed by atoms with Crippen molar-refractivity contribution in [2.75, 3.05) is 13.1 Å². The molecule has 31 heavy (non-hydrogen) atoms. The zero-order valence-electron chi connectivity index (χ0n) is 17.6. The van der Waals surface area contributed by atoms with Crippen molar-refractivity contribution in [2.24, 2.45) is 5.92 Å². The Morgan fingerprint density at radius 3 is 2.19 bits per heavy atom. The lowest BCUT2D eigenvalue weighted by Gasteiger charge is -2.23. The summed E-state index contributed by atoms with van der Waals surface area (Å²) in [5.74, 6) is -1.33. The van der Waals surface area contributed by atoms with Crippen LogP contribution in [0.25, 0.3) is 0 Å². The summed E-state index contributed by atoms with van der Waals surface area (Å²) in [7, 11) is 0. The fraction of sp³-hybridized carbons (Fsp3) is 0.348. The van der Waals surface area contributed by atoms with Gasteiger partial charge in [-0.25, -0.2) is 4.39 Å². The largest absolute Gasteiger partial charge is 0.354 e. The molecule has 0 aliphatic heterocycles. The first-order chi connectivity index (χ1) is 14.8. The molecule has 0 heterocycles. The summed E-state index contributed by atoms with van der Waals surface area (Å²) in [6, 6.07) is 11.4. The Balaban J connectivity index is 1.82. The predicted molar refractivity (Wildman–Crippen MR) is 118 cm³/mol. The lowest BCUT2D eigenvalue weighted by Crippen LogP contribution is -2.51. The second-order valence-corrected chi connectivity index (χ2v) is 7.72. The van der Waals surface area contributed by atoms with Crippen LogP contribution in [-0.2, 0) is 16.0 Å². The Kier molecular flexibility index (Phi) is 9.46. The topological polar surface area (TPSA) is 87.3 Å². The first kappa shape index (κ1) is 24.3. The molecule has 3 amide bonds. The Labute approximate surface area is 186 Å². The van der Waals surface area contributed by atoms with Crippen LogP contribution in [0.15, 0.2) is 48.5 Å². The number of nitrogens with one attached hydrogen (secondary N) is 3. The monoisotopic (exact) mass is 447 g/mol. The zero-order valence-corrected chi connectivity index (χ0v) is 18.3. The minimum Gasteiger partial charge on any atom is -0.354 e. The number of hydrogen-bond donors (Lipinski definition) is 3. The van der Waals surface area contributed by atoms with Gasteiger partial charge in [-0.2, -0.15) is 0 Å². The number of amides is 3. The van der Waals surface area contributed by atoms with Crippen LogP contribution in [0.2, 0.25) is 5.02 Å². The minimum atomic E-state index is -0.705. The van der Waals surface area contributed by atoms with Crippen LogP contribution in [0.5, 0.6) is 0 Å². The molecule has 0 aromatic heterocycles. The van der Waals surface area contributed by atoms with Gasteiger partial charge in [0.05, 0.1) is 6.42 Å². The normalized spacial score (nSPS) is 12.5. The summed E-state index contributed by atoms with van der Waals surface area (Å²) < 4.78 is 12.9. The van der Waals surface area contributed by atoms with Crippen LogP contribution in [0.1, 0.15) is 36.2 Å². The Morgan fingerprint density at radius 2 is 1.58 bits per heavy atom. The standard InChI is InChI=1S/C23H27ClFN3O3/c1-3-15(2)21(28-22(30)17-6-8-18(24)9-7-17)23(31)27-13-12-26-20(29)14-16-4-10-19(25)11-5-16/h4-11,15,21H,3,12-14H2,1-2H3,(H,26,29)(H,27,31)(H,28,30). The van der Waals surface area contributed by atoms with Crippen molar-refractivity contribution < 1.29 is 18.8 Å². The summed E-state index contributed by atoms with van der Waals surface area (Å²) in [6.45, 7) is 4.29. The van der Waals surface area contributed by atoms with Gasteiger partial charge < -0.3 is 16.0 Å². The van der Waals surface area contributed by atoms with Gasteiger partial charge in [-0.15, -0.1) is 0 Å². The predicted octanol–water partition coefficient (Wildman–Crippen LogP) is 3.10. The van der Waals surface area contributed by atoms with Crippen molar-refractivity contribution in [1.82, 2.24) is 16.0 Å². The minimum absolute atomic E-state index is 0.0793. The molecule has 2 aromatic rings. The highest BCUT2D eigenvalue weighted by molar-refractivity contribution is 6.30. The molecule has 6 nitrogen and oxygen atoms in total. The fourth-order valence-electron chi connectivity index (χ4n) is 2.88. The van der Waals surface area contributed by atoms with E-state index in [-0.39, 0.29) is 49.0 Å². The fourth-order valence-corrected chi connectivity index (χ4v) is 3.00. The van der Waals surface area contributed by atoms with Crippen LogP contribution in [0, 0.1) is 11.7 Å². The first-order valence-electron chi connectivity index (χ1n) is 10.2. The molecule has 2 rings (SSSR count). The highest BCUT2D eigenvalue weighted by atomic mass is 35.5. The van der Waals surface area contributed by atoms with Crippen molar-refractivity contribution in [1.29, 1.82) is 0 Å². The number of carbonyl (C=O) groups is 3. The van der Waals surface area contributed by atoms with Crippen molar-refractivity contribution >= 4 is 29.3 Å². The van der Waals surface area contributed by atoms with Crippen molar-refractivity contribution in [3.05, 3.63) is 70.5 Å². The van der Waals surface area contributed by atoms with Crippen molar-refractivity contribution in [3.63, 3.8) is 0 Å². The molecule has 0 radical (unpaired) electrons. The maximum atomic E-state index is 12.9. The quantitative estimate of drug-likeness (QED) is 0.489. The third-order valence-corrected chi connectivity index (χ3v) is 5.16. The van der Waals surface area contributed by atoms with Gasteiger partial charge in [0, 0.05) is 23.7 Å². The number of benzene rings is 2. The smallest absolute Gasteiger partial charge is 0.251 e. The van der Waals surface area contributed by atoms with E-state index in [1.54, 1.807) is 36.4 Å². The van der Waals surface area contributed by atoms with Gasteiger partial charge in [0.1, 0.15) is 11.9 Å². The highest BCUT2D eigenvalue weighted by Gasteiger charge is 2.26. The Bertz CT molecular complexity index is 888. The number of carbonyl (C=O) groups excluding carboxylic acids is 3. The van der Waals surface area contributed by atoms with E-state index in [1.807, 2.05) is 13.8 Å². The van der Waals surface area contributed by atoms with Crippen LogP contribution >= 0.6 is 11.6 Å². The summed E-state index contributed by atoms with van der Waals surface area (Å²) in [5.41, 5.74) is 1.11. The third-order valence-electron chi connectivity index (χ3n) is 4.91. The van der Waals surface area contributed by atoms with Crippen LogP contribution in [0.4, 0.5) is 4.39 Å². The average Bonchev–Trinajstić information content (AvgIpc) is 2.76. The maximum absolute atomic E-state index is 12.9. The van der Waals surface area contributed by atoms with Gasteiger partial charge in [0.2, 0.25) is 11.8 Å². The maximum Gasteiger partial charge on any atom is 0.251 e. The molecule has 2 unspecified atom stereocenters. The first-order valence-corrected chi connectivity index (χ1v) is 10.5. The van der Waals surface area contributed by atoms with Crippen molar-refractivity contribution in [3.8, 4) is 0 Å². The van der Waals surface area contributed by atoms with E-state index in [0.717, 1.165) is 0 Å². The van der Waals surface area contributed by atoms with Gasteiger partial charge in [0.25, 0.3) is 5.91 Å². The molecule has 2 atom stereocenters. The molecule has 0 spiro atoms. The molecule has 166 valence electrons. The van der Waals surface area contributed by atoms with E-state index < -0.39 is 6.04 Å². The molecule has 0 saturated heterocycles. The highest BCUT2D eigenvalue weighted by Crippen LogP contribution is 2.12. The average molecular weight is 448 g/mol. The molecule has 0 fully saturated rings. The van der Waals surface area contributed by atoms with Crippen LogP contribution < -0.4 is 16.0 Å². The van der Waals surface area contributed by atoms with E-state index in [9.17, 15) is 18.8 Å². The molecule has 0 saturated carbocycles.